The van der Waals surface area contributed by atoms with E-state index in [2.05, 4.69) is 194 Å². The summed E-state index contributed by atoms with van der Waals surface area (Å²) >= 11 is 0. The Morgan fingerprint density at radius 3 is 1.36 bits per heavy atom. The average molecular weight is 1060 g/mol. The fourth-order valence-corrected chi connectivity index (χ4v) is 9.94. The van der Waals surface area contributed by atoms with Gasteiger partial charge in [-0.2, -0.15) is 0 Å². The third-order valence-electron chi connectivity index (χ3n) is 13.2. The van der Waals surface area contributed by atoms with E-state index in [0.29, 0.717) is 6.42 Å². The fraction of sp³-hybridized carbons (Fsp3) is 0.0469. The van der Waals surface area contributed by atoms with E-state index in [4.69, 9.17) is 9.97 Å². The van der Waals surface area contributed by atoms with Crippen LogP contribution in [0.1, 0.15) is 18.9 Å². The number of allylic oxidation sites excluding steroid dienone is 2. The number of hydrogen-bond acceptors (Lipinski definition) is 4. The molecule has 0 spiro atoms. The van der Waals surface area contributed by atoms with E-state index in [1.54, 1.807) is 0 Å². The molecule has 1 radical (unpaired) electrons. The second-order valence-corrected chi connectivity index (χ2v) is 17.6. The van der Waals surface area contributed by atoms with Gasteiger partial charge in [-0.1, -0.05) is 168 Å². The van der Waals surface area contributed by atoms with E-state index >= 15 is 0 Å². The van der Waals surface area contributed by atoms with Crippen molar-refractivity contribution in [3.63, 3.8) is 0 Å². The summed E-state index contributed by atoms with van der Waals surface area (Å²) in [5, 5.41) is 18.4. The SMILES string of the molecule is C/C(O)=C/C(=O)CCc1ccccc1-c1cc(-c2ccccc2-c2c[c-]c3c(ccc4cc5ccccc5nc43)c2)cc(-c2ccccc2-c2c[c-]c3c(ccc4cc5ccccc5nc43)c2)c1.[Ir]. The number of aryl methyl sites for hydroxylation is 1. The number of para-hydroxylation sites is 2. The van der Waals surface area contributed by atoms with Crippen LogP contribution in [0.5, 0.6) is 0 Å². The molecule has 1 N–H and O–H groups in total. The molecule has 0 saturated heterocycles. The molecule has 0 saturated carbocycles. The first kappa shape index (κ1) is 43.5. The molecule has 0 aliphatic rings. The fourth-order valence-electron chi connectivity index (χ4n) is 9.94. The molecule has 12 aromatic rings. The second kappa shape index (κ2) is 18.2. The standard InChI is InChI=1S/C64H42N2O2.Ir/c1-40(67)32-53(68)29-26-41-12-2-5-15-54(41)50-37-51(57-18-8-6-16-55(57)42-27-30-59-44(33-42)22-24-48-35-46-13-3-10-20-61(46)65-63(48)59)39-52(38-50)58-19-9-7-17-56(58)43-28-31-60-45(34-43)23-25-49-36-47-14-4-11-21-62(47)66-64(49)60;/h2-25,27-28,32-39,67H,26,29H2,1H3;/q-2;/b40-32-;. The number of fused-ring (bicyclic) bond motifs is 8. The summed E-state index contributed by atoms with van der Waals surface area (Å²) < 4.78 is 0. The van der Waals surface area contributed by atoms with Crippen molar-refractivity contribution in [1.29, 1.82) is 0 Å². The zero-order chi connectivity index (χ0) is 45.7. The van der Waals surface area contributed by atoms with Crippen molar-refractivity contribution in [1.82, 2.24) is 9.97 Å². The van der Waals surface area contributed by atoms with Crippen LogP contribution in [0.4, 0.5) is 0 Å². The van der Waals surface area contributed by atoms with Crippen LogP contribution in [0.15, 0.2) is 212 Å². The van der Waals surface area contributed by atoms with Crippen molar-refractivity contribution in [2.75, 3.05) is 0 Å². The van der Waals surface area contributed by atoms with Crippen molar-refractivity contribution >= 4 is 70.9 Å². The molecule has 2 aromatic heterocycles. The van der Waals surface area contributed by atoms with Crippen LogP contribution in [0, 0.1) is 12.1 Å². The smallest absolute Gasteiger partial charge is 0.159 e. The Morgan fingerprint density at radius 2 is 0.870 bits per heavy atom. The van der Waals surface area contributed by atoms with Crippen LogP contribution in [-0.2, 0) is 31.3 Å². The Morgan fingerprint density at radius 1 is 0.464 bits per heavy atom. The number of hydrogen-bond donors (Lipinski definition) is 1. The number of aliphatic hydroxyl groups is 1. The number of rotatable bonds is 9. The Balaban J connectivity index is 0.00000520. The molecule has 5 heteroatoms. The predicted molar refractivity (Wildman–Crippen MR) is 282 cm³/mol. The molecular formula is C64H42IrN2O2-2. The van der Waals surface area contributed by atoms with Gasteiger partial charge in [-0.25, -0.2) is 0 Å². The van der Waals surface area contributed by atoms with Crippen LogP contribution in [-0.4, -0.2) is 20.9 Å². The summed E-state index contributed by atoms with van der Waals surface area (Å²) in [6, 6.07) is 78.0. The molecular weight excluding hydrogens is 1020 g/mol. The maximum absolute atomic E-state index is 12.8. The van der Waals surface area contributed by atoms with E-state index < -0.39 is 0 Å². The van der Waals surface area contributed by atoms with Crippen molar-refractivity contribution in [2.24, 2.45) is 0 Å². The quantitative estimate of drug-likeness (QED) is 0.0514. The third kappa shape index (κ3) is 8.27. The number of ketones is 1. The zero-order valence-corrected chi connectivity index (χ0v) is 40.0. The van der Waals surface area contributed by atoms with E-state index in [1.165, 1.54) is 13.0 Å². The Hall–Kier alpha value is -8.08. The summed E-state index contributed by atoms with van der Waals surface area (Å²) in [6.45, 7) is 1.53. The van der Waals surface area contributed by atoms with Gasteiger partial charge in [0.25, 0.3) is 0 Å². The monoisotopic (exact) mass is 1060 g/mol. The number of aliphatic hydroxyl groups excluding tert-OH is 1. The van der Waals surface area contributed by atoms with Gasteiger partial charge in [0.1, 0.15) is 0 Å². The van der Waals surface area contributed by atoms with Crippen LogP contribution >= 0.6 is 0 Å². The minimum Gasteiger partial charge on any atom is -0.512 e. The van der Waals surface area contributed by atoms with Gasteiger partial charge in [0.05, 0.1) is 16.8 Å². The maximum atomic E-state index is 12.8. The molecule has 0 amide bonds. The number of pyridine rings is 2. The molecule has 0 atom stereocenters. The normalized spacial score (nSPS) is 11.8. The van der Waals surface area contributed by atoms with Gasteiger partial charge >= 0.3 is 0 Å². The van der Waals surface area contributed by atoms with Crippen LogP contribution < -0.4 is 0 Å². The van der Waals surface area contributed by atoms with Crippen LogP contribution in [0.2, 0.25) is 0 Å². The van der Waals surface area contributed by atoms with E-state index in [9.17, 15) is 9.90 Å². The molecule has 12 rings (SSSR count). The summed E-state index contributed by atoms with van der Waals surface area (Å²) in [5.74, 6) is -0.0889. The molecule has 0 aliphatic carbocycles. The number of nitrogens with zero attached hydrogens (tertiary/aromatic N) is 2. The second-order valence-electron chi connectivity index (χ2n) is 17.6. The van der Waals surface area contributed by atoms with E-state index in [-0.39, 0.29) is 38.1 Å². The molecule has 0 unspecified atom stereocenters. The molecule has 10 aromatic carbocycles. The summed E-state index contributed by atoms with van der Waals surface area (Å²) in [7, 11) is 0. The van der Waals surface area contributed by atoms with E-state index in [1.807, 2.05) is 18.2 Å². The largest absolute Gasteiger partial charge is 0.512 e. The van der Waals surface area contributed by atoms with Gasteiger partial charge in [-0.3, -0.25) is 14.8 Å². The van der Waals surface area contributed by atoms with Gasteiger partial charge in [0, 0.05) is 32.6 Å². The first-order valence-corrected chi connectivity index (χ1v) is 23.0. The molecule has 2 heterocycles. The van der Waals surface area contributed by atoms with Crippen LogP contribution in [0.3, 0.4) is 0 Å². The molecule has 0 aliphatic heterocycles. The van der Waals surface area contributed by atoms with E-state index in [0.717, 1.165) is 126 Å². The number of benzene rings is 10. The first-order valence-electron chi connectivity index (χ1n) is 23.0. The molecule has 4 nitrogen and oxygen atoms in total. The Bertz CT molecular complexity index is 3820. The van der Waals surface area contributed by atoms with Crippen molar-refractivity contribution in [3.05, 3.63) is 230 Å². The Kier molecular flexibility index (Phi) is 11.5. The third-order valence-corrected chi connectivity index (χ3v) is 13.2. The number of carbonyl (C=O) groups is 1. The number of aromatic nitrogens is 2. The zero-order valence-electron chi connectivity index (χ0n) is 37.6. The molecule has 331 valence electrons. The topological polar surface area (TPSA) is 63.1 Å². The molecule has 69 heavy (non-hydrogen) atoms. The predicted octanol–water partition coefficient (Wildman–Crippen LogP) is 16.3. The molecule has 0 bridgehead atoms. The Labute approximate surface area is 413 Å². The average Bonchev–Trinajstić information content (AvgIpc) is 3.38. The van der Waals surface area contributed by atoms with Gasteiger partial charge in [0.2, 0.25) is 0 Å². The van der Waals surface area contributed by atoms with Gasteiger partial charge in [-0.15, -0.1) is 57.9 Å². The minimum absolute atomic E-state index is 0. The van der Waals surface area contributed by atoms with Crippen molar-refractivity contribution < 1.29 is 30.0 Å². The summed E-state index contributed by atoms with van der Waals surface area (Å²) in [4.78, 5) is 23.0. The van der Waals surface area contributed by atoms with Gasteiger partial charge < -0.3 is 5.11 Å². The summed E-state index contributed by atoms with van der Waals surface area (Å²) in [6.07, 6.45) is 2.13. The van der Waals surface area contributed by atoms with Crippen molar-refractivity contribution in [3.8, 4) is 55.6 Å². The van der Waals surface area contributed by atoms with Crippen molar-refractivity contribution in [2.45, 2.75) is 19.8 Å². The maximum Gasteiger partial charge on any atom is 0.159 e. The minimum atomic E-state index is -0.106. The van der Waals surface area contributed by atoms with Gasteiger partial charge in [0.15, 0.2) is 5.78 Å². The number of carbonyl (C=O) groups excluding carboxylic acids is 1. The summed E-state index contributed by atoms with van der Waals surface area (Å²) in [5.41, 5.74) is 15.6. The molecule has 0 fully saturated rings. The van der Waals surface area contributed by atoms with Crippen LogP contribution in [0.25, 0.3) is 121 Å². The van der Waals surface area contributed by atoms with Gasteiger partial charge in [-0.05, 0) is 115 Å². The first-order chi connectivity index (χ1) is 33.4.